The van der Waals surface area contributed by atoms with Crippen LogP contribution in [0.4, 0.5) is 4.79 Å². The predicted octanol–water partition coefficient (Wildman–Crippen LogP) is 3.85. The number of rotatable bonds is 9. The lowest BCUT2D eigenvalue weighted by molar-refractivity contribution is 0.0495. The fraction of sp³-hybridized carbons (Fsp3) is 0.320. The van der Waals surface area contributed by atoms with Crippen molar-refractivity contribution in [3.63, 3.8) is 0 Å². The molecule has 3 rings (SSSR count). The van der Waals surface area contributed by atoms with Crippen LogP contribution in [0.3, 0.4) is 0 Å². The Morgan fingerprint density at radius 3 is 2.66 bits per heavy atom. The molecule has 2 aromatic rings. The van der Waals surface area contributed by atoms with E-state index < -0.39 is 24.1 Å². The molecule has 1 aliphatic rings. The summed E-state index contributed by atoms with van der Waals surface area (Å²) in [5.41, 5.74) is 2.40. The molecule has 2 atom stereocenters. The Morgan fingerprint density at radius 1 is 1.25 bits per heavy atom. The maximum absolute atomic E-state index is 13.0. The predicted molar refractivity (Wildman–Crippen MR) is 118 cm³/mol. The number of hydrogen-bond acceptors (Lipinski definition) is 5. The second-order valence-corrected chi connectivity index (χ2v) is 7.59. The zero-order valence-electron chi connectivity index (χ0n) is 17.8. The van der Waals surface area contributed by atoms with Crippen molar-refractivity contribution in [1.29, 1.82) is 0 Å². The van der Waals surface area contributed by atoms with E-state index in [4.69, 9.17) is 21.0 Å². The van der Waals surface area contributed by atoms with Gasteiger partial charge in [-0.05, 0) is 60.7 Å². The van der Waals surface area contributed by atoms with Gasteiger partial charge in [0, 0.05) is 18.5 Å². The number of carbonyl (C=O) groups is 3. The number of hydrogen-bond donors (Lipinski definition) is 2. The molecule has 0 saturated heterocycles. The Bertz CT molecular complexity index is 1040. The Hall–Kier alpha value is -3.79. The number of aromatic carboxylic acids is 1. The smallest absolute Gasteiger partial charge is 0.407 e. The van der Waals surface area contributed by atoms with E-state index in [1.807, 2.05) is 6.07 Å². The van der Waals surface area contributed by atoms with E-state index in [-0.39, 0.29) is 17.9 Å². The Kier molecular flexibility index (Phi) is 7.50. The summed E-state index contributed by atoms with van der Waals surface area (Å²) in [5, 5.41) is 11.6. The van der Waals surface area contributed by atoms with Crippen molar-refractivity contribution < 1.29 is 29.0 Å². The van der Waals surface area contributed by atoms with Crippen LogP contribution in [0.15, 0.2) is 42.5 Å². The van der Waals surface area contributed by atoms with E-state index in [0.29, 0.717) is 37.0 Å². The molecule has 0 spiro atoms. The van der Waals surface area contributed by atoms with Crippen LogP contribution in [0.2, 0.25) is 0 Å². The summed E-state index contributed by atoms with van der Waals surface area (Å²) in [7, 11) is 1.57. The van der Waals surface area contributed by atoms with Crippen molar-refractivity contribution in [2.45, 2.75) is 38.3 Å². The highest BCUT2D eigenvalue weighted by Crippen LogP contribution is 2.34. The van der Waals surface area contributed by atoms with Gasteiger partial charge in [0.1, 0.15) is 11.9 Å². The average molecular weight is 435 g/mol. The Morgan fingerprint density at radius 2 is 2.00 bits per heavy atom. The molecular formula is C25H25NO6. The number of nitrogens with one attached hydrogen (secondary N) is 1. The largest absolute Gasteiger partial charge is 0.497 e. The topological polar surface area (TPSA) is 102 Å². The SMILES string of the molecule is C#CCCCC(OC(=O)NCc1ccc(C(=O)O)cc1)C1Cc2cc(OC)ccc2C1=O. The van der Waals surface area contributed by atoms with Crippen molar-refractivity contribution >= 4 is 17.8 Å². The van der Waals surface area contributed by atoms with Crippen LogP contribution >= 0.6 is 0 Å². The number of Topliss-reactive ketones (excluding diaryl/α,β-unsaturated/α-hetero) is 1. The van der Waals surface area contributed by atoms with Gasteiger partial charge < -0.3 is 19.9 Å². The third-order valence-electron chi connectivity index (χ3n) is 5.51. The molecule has 2 unspecified atom stereocenters. The molecule has 0 saturated carbocycles. The summed E-state index contributed by atoms with van der Waals surface area (Å²) in [6.45, 7) is 0.172. The molecule has 1 amide bonds. The molecular weight excluding hydrogens is 410 g/mol. The minimum absolute atomic E-state index is 0.0505. The Balaban J connectivity index is 1.65. The second-order valence-electron chi connectivity index (χ2n) is 7.59. The van der Waals surface area contributed by atoms with Crippen LogP contribution in [0.1, 0.15) is 51.1 Å². The molecule has 7 nitrogen and oxygen atoms in total. The van der Waals surface area contributed by atoms with E-state index in [9.17, 15) is 14.4 Å². The van der Waals surface area contributed by atoms with Gasteiger partial charge >= 0.3 is 12.1 Å². The highest BCUT2D eigenvalue weighted by atomic mass is 16.6. The number of benzene rings is 2. The first kappa shape index (κ1) is 22.9. The lowest BCUT2D eigenvalue weighted by Crippen LogP contribution is -2.35. The first-order valence-corrected chi connectivity index (χ1v) is 10.3. The first-order chi connectivity index (χ1) is 15.4. The fourth-order valence-electron chi connectivity index (χ4n) is 3.80. The molecule has 2 aromatic carbocycles. The monoisotopic (exact) mass is 435 g/mol. The number of terminal acetylenes is 1. The zero-order valence-corrected chi connectivity index (χ0v) is 17.8. The van der Waals surface area contributed by atoms with E-state index in [1.54, 1.807) is 31.4 Å². The molecule has 0 aliphatic heterocycles. The normalized spacial score (nSPS) is 15.4. The number of methoxy groups -OCH3 is 1. The van der Waals surface area contributed by atoms with Gasteiger partial charge in [-0.3, -0.25) is 4.79 Å². The van der Waals surface area contributed by atoms with Gasteiger partial charge in [-0.25, -0.2) is 9.59 Å². The van der Waals surface area contributed by atoms with Crippen molar-refractivity contribution in [1.82, 2.24) is 5.32 Å². The molecule has 0 heterocycles. The molecule has 32 heavy (non-hydrogen) atoms. The van der Waals surface area contributed by atoms with Gasteiger partial charge in [-0.15, -0.1) is 12.3 Å². The number of alkyl carbamates (subject to hydrolysis) is 1. The minimum atomic E-state index is -1.02. The van der Waals surface area contributed by atoms with Crippen LogP contribution in [0.5, 0.6) is 5.75 Å². The van der Waals surface area contributed by atoms with Crippen LogP contribution in [0, 0.1) is 18.3 Å². The number of ether oxygens (including phenoxy) is 2. The quantitative estimate of drug-likeness (QED) is 0.458. The molecule has 166 valence electrons. The molecule has 0 bridgehead atoms. The van der Waals surface area contributed by atoms with Gasteiger partial charge in [0.25, 0.3) is 0 Å². The molecule has 7 heteroatoms. The summed E-state index contributed by atoms with van der Waals surface area (Å²) in [5.74, 6) is 1.70. The highest BCUT2D eigenvalue weighted by molar-refractivity contribution is 6.02. The standard InChI is InChI=1S/C25H25NO6/c1-3-4-5-6-22(21-14-18-13-19(31-2)11-12-20(18)23(21)27)32-25(30)26-15-16-7-9-17(10-8-16)24(28)29/h1,7-13,21-22H,4-6,14-15H2,2H3,(H,26,30)(H,28,29). The third kappa shape index (κ3) is 5.46. The summed E-state index contributed by atoms with van der Waals surface area (Å²) in [6.07, 6.45) is 6.21. The number of ketones is 1. The van der Waals surface area contributed by atoms with Crippen LogP contribution in [-0.2, 0) is 17.7 Å². The van der Waals surface area contributed by atoms with Crippen molar-refractivity contribution in [2.75, 3.05) is 7.11 Å². The maximum atomic E-state index is 13.0. The summed E-state index contributed by atoms with van der Waals surface area (Å²) >= 11 is 0. The van der Waals surface area contributed by atoms with Gasteiger partial charge in [-0.1, -0.05) is 12.1 Å². The molecule has 0 aromatic heterocycles. The van der Waals surface area contributed by atoms with Gasteiger partial charge in [0.15, 0.2) is 5.78 Å². The highest BCUT2D eigenvalue weighted by Gasteiger charge is 2.38. The number of carboxylic acid groups (broad SMARTS) is 1. The van der Waals surface area contributed by atoms with Crippen LogP contribution < -0.4 is 10.1 Å². The van der Waals surface area contributed by atoms with Crippen molar-refractivity contribution in [2.24, 2.45) is 5.92 Å². The summed E-state index contributed by atoms with van der Waals surface area (Å²) < 4.78 is 10.9. The molecule has 2 N–H and O–H groups in total. The number of carboxylic acids is 1. The number of fused-ring (bicyclic) bond motifs is 1. The van der Waals surface area contributed by atoms with Crippen molar-refractivity contribution in [3.05, 3.63) is 64.7 Å². The van der Waals surface area contributed by atoms with Crippen LogP contribution in [0.25, 0.3) is 0 Å². The first-order valence-electron chi connectivity index (χ1n) is 10.3. The maximum Gasteiger partial charge on any atom is 0.407 e. The molecule has 0 fully saturated rings. The van der Waals surface area contributed by atoms with Crippen LogP contribution in [-0.4, -0.2) is 36.2 Å². The lowest BCUT2D eigenvalue weighted by Gasteiger charge is -2.23. The third-order valence-corrected chi connectivity index (χ3v) is 5.51. The van der Waals surface area contributed by atoms with Crippen molar-refractivity contribution in [3.8, 4) is 18.1 Å². The Labute approximate surface area is 186 Å². The van der Waals surface area contributed by atoms with E-state index in [0.717, 1.165) is 11.1 Å². The lowest BCUT2D eigenvalue weighted by atomic mass is 9.94. The van der Waals surface area contributed by atoms with E-state index in [1.165, 1.54) is 12.1 Å². The minimum Gasteiger partial charge on any atom is -0.497 e. The molecule has 1 aliphatic carbocycles. The van der Waals surface area contributed by atoms with Gasteiger partial charge in [0.05, 0.1) is 18.6 Å². The number of carbonyl (C=O) groups excluding carboxylic acids is 2. The average Bonchev–Trinajstić information content (AvgIpc) is 3.13. The van der Waals surface area contributed by atoms with Gasteiger partial charge in [-0.2, -0.15) is 0 Å². The van der Waals surface area contributed by atoms with E-state index in [2.05, 4.69) is 11.2 Å². The summed E-state index contributed by atoms with van der Waals surface area (Å²) in [6, 6.07) is 11.5. The number of amides is 1. The fourth-order valence-corrected chi connectivity index (χ4v) is 3.80. The zero-order chi connectivity index (χ0) is 23.1. The number of unbranched alkanes of at least 4 members (excludes halogenated alkanes) is 1. The second kappa shape index (κ2) is 10.5. The van der Waals surface area contributed by atoms with Gasteiger partial charge in [0.2, 0.25) is 0 Å². The summed E-state index contributed by atoms with van der Waals surface area (Å²) in [4.78, 5) is 36.4. The molecule has 0 radical (unpaired) electrons. The van der Waals surface area contributed by atoms with E-state index >= 15 is 0 Å².